The lowest BCUT2D eigenvalue weighted by Gasteiger charge is -2.00. The summed E-state index contributed by atoms with van der Waals surface area (Å²) < 4.78 is 18.4. The zero-order valence-corrected chi connectivity index (χ0v) is 6.34. The van der Waals surface area contributed by atoms with Crippen LogP contribution in [0.1, 0.15) is 15.9 Å². The molecule has 12 heavy (non-hydrogen) atoms. The quantitative estimate of drug-likeness (QED) is 0.592. The number of ether oxygens (including phenoxy) is 1. The maximum Gasteiger partial charge on any atom is 0.153 e. The van der Waals surface area contributed by atoms with Crippen molar-refractivity contribution in [3.8, 4) is 5.75 Å². The number of hydrogen-bond acceptors (Lipinski definition) is 2. The molecule has 2 rings (SSSR count). The molecule has 0 N–H and O–H groups in total. The highest BCUT2D eigenvalue weighted by molar-refractivity contribution is 5.76. The predicted molar refractivity (Wildman–Crippen MR) is 41.0 cm³/mol. The van der Waals surface area contributed by atoms with Crippen molar-refractivity contribution in [2.75, 3.05) is 6.61 Å². The second kappa shape index (κ2) is 2.59. The van der Waals surface area contributed by atoms with E-state index in [4.69, 9.17) is 4.74 Å². The van der Waals surface area contributed by atoms with Crippen molar-refractivity contribution < 1.29 is 13.9 Å². The third-order valence-corrected chi connectivity index (χ3v) is 1.97. The van der Waals surface area contributed by atoms with Gasteiger partial charge in [0.05, 0.1) is 12.2 Å². The average molecular weight is 166 g/mol. The highest BCUT2D eigenvalue weighted by Gasteiger charge is 2.18. The minimum atomic E-state index is -0.431. The second-order valence-corrected chi connectivity index (χ2v) is 2.66. The third kappa shape index (κ3) is 0.897. The van der Waals surface area contributed by atoms with Crippen LogP contribution in [0.15, 0.2) is 12.1 Å². The number of carbonyl (C=O) groups excluding carboxylic acids is 1. The Morgan fingerprint density at radius 2 is 2.33 bits per heavy atom. The highest BCUT2D eigenvalue weighted by atomic mass is 19.1. The Hall–Kier alpha value is -1.38. The molecule has 0 saturated carbocycles. The highest BCUT2D eigenvalue weighted by Crippen LogP contribution is 2.28. The molecular weight excluding hydrogens is 159 g/mol. The number of fused-ring (bicyclic) bond motifs is 1. The van der Waals surface area contributed by atoms with Gasteiger partial charge in [0, 0.05) is 12.0 Å². The first kappa shape index (κ1) is 7.28. The number of benzene rings is 1. The molecule has 0 amide bonds. The summed E-state index contributed by atoms with van der Waals surface area (Å²) in [5.41, 5.74) is 0.638. The van der Waals surface area contributed by atoms with Crippen LogP contribution in [0.4, 0.5) is 4.39 Å². The number of carbonyl (C=O) groups is 1. The monoisotopic (exact) mass is 166 g/mol. The van der Waals surface area contributed by atoms with Crippen LogP contribution in [0, 0.1) is 5.82 Å². The fourth-order valence-electron chi connectivity index (χ4n) is 1.34. The fourth-order valence-corrected chi connectivity index (χ4v) is 1.34. The van der Waals surface area contributed by atoms with E-state index >= 15 is 0 Å². The predicted octanol–water partition coefficient (Wildman–Crippen LogP) is 1.57. The summed E-state index contributed by atoms with van der Waals surface area (Å²) in [4.78, 5) is 10.3. The molecular formula is C9H7FO2. The van der Waals surface area contributed by atoms with Crippen molar-refractivity contribution in [3.63, 3.8) is 0 Å². The van der Waals surface area contributed by atoms with Crippen LogP contribution < -0.4 is 4.74 Å². The maximum atomic E-state index is 13.3. The van der Waals surface area contributed by atoms with Crippen molar-refractivity contribution in [1.82, 2.24) is 0 Å². The van der Waals surface area contributed by atoms with E-state index < -0.39 is 5.82 Å². The molecule has 0 radical (unpaired) electrons. The van der Waals surface area contributed by atoms with E-state index in [-0.39, 0.29) is 5.56 Å². The van der Waals surface area contributed by atoms with Crippen molar-refractivity contribution in [2.45, 2.75) is 6.42 Å². The van der Waals surface area contributed by atoms with Gasteiger partial charge in [0.1, 0.15) is 11.6 Å². The Morgan fingerprint density at radius 1 is 1.50 bits per heavy atom. The molecule has 0 aromatic heterocycles. The van der Waals surface area contributed by atoms with E-state index in [0.29, 0.717) is 30.6 Å². The van der Waals surface area contributed by atoms with Gasteiger partial charge in [-0.2, -0.15) is 0 Å². The van der Waals surface area contributed by atoms with Gasteiger partial charge in [0.15, 0.2) is 6.29 Å². The van der Waals surface area contributed by atoms with E-state index in [9.17, 15) is 9.18 Å². The van der Waals surface area contributed by atoms with Gasteiger partial charge in [-0.3, -0.25) is 4.79 Å². The van der Waals surface area contributed by atoms with Gasteiger partial charge >= 0.3 is 0 Å². The average Bonchev–Trinajstić information content (AvgIpc) is 2.53. The maximum absolute atomic E-state index is 13.3. The largest absolute Gasteiger partial charge is 0.493 e. The smallest absolute Gasteiger partial charge is 0.153 e. The summed E-state index contributed by atoms with van der Waals surface area (Å²) in [5, 5.41) is 0. The topological polar surface area (TPSA) is 26.3 Å². The molecule has 0 bridgehead atoms. The number of halogens is 1. The van der Waals surface area contributed by atoms with Crippen LogP contribution >= 0.6 is 0 Å². The third-order valence-electron chi connectivity index (χ3n) is 1.97. The Bertz CT molecular complexity index is 334. The van der Waals surface area contributed by atoms with Crippen molar-refractivity contribution in [1.29, 1.82) is 0 Å². The van der Waals surface area contributed by atoms with Crippen LogP contribution in [0.5, 0.6) is 5.75 Å². The molecule has 0 saturated heterocycles. The van der Waals surface area contributed by atoms with Crippen LogP contribution in [0.3, 0.4) is 0 Å². The van der Waals surface area contributed by atoms with Gasteiger partial charge in [-0.05, 0) is 12.1 Å². The molecule has 0 unspecified atom stereocenters. The molecule has 1 heterocycles. The van der Waals surface area contributed by atoms with E-state index in [2.05, 4.69) is 0 Å². The van der Waals surface area contributed by atoms with Crippen LogP contribution in [-0.2, 0) is 6.42 Å². The molecule has 1 aliphatic heterocycles. The Morgan fingerprint density at radius 3 is 3.08 bits per heavy atom. The molecule has 2 nitrogen and oxygen atoms in total. The summed E-state index contributed by atoms with van der Waals surface area (Å²) in [7, 11) is 0. The SMILES string of the molecule is O=Cc1ccc2c(c1F)CCO2. The molecule has 0 atom stereocenters. The van der Waals surface area contributed by atoms with E-state index in [1.54, 1.807) is 6.07 Å². The first-order valence-corrected chi connectivity index (χ1v) is 3.72. The van der Waals surface area contributed by atoms with Crippen molar-refractivity contribution >= 4 is 6.29 Å². The molecule has 1 aliphatic rings. The lowest BCUT2D eigenvalue weighted by atomic mass is 10.1. The van der Waals surface area contributed by atoms with Gasteiger partial charge < -0.3 is 4.74 Å². The van der Waals surface area contributed by atoms with Gasteiger partial charge in [-0.25, -0.2) is 4.39 Å². The minimum Gasteiger partial charge on any atom is -0.493 e. The second-order valence-electron chi connectivity index (χ2n) is 2.66. The van der Waals surface area contributed by atoms with E-state index in [1.807, 2.05) is 0 Å². The fraction of sp³-hybridized carbons (Fsp3) is 0.222. The lowest BCUT2D eigenvalue weighted by Crippen LogP contribution is -1.92. The molecule has 1 aromatic rings. The summed E-state index contributed by atoms with van der Waals surface area (Å²) in [6, 6.07) is 3.07. The van der Waals surface area contributed by atoms with Crippen LogP contribution in [-0.4, -0.2) is 12.9 Å². The first-order valence-electron chi connectivity index (χ1n) is 3.72. The minimum absolute atomic E-state index is 0.110. The zero-order valence-electron chi connectivity index (χ0n) is 6.34. The van der Waals surface area contributed by atoms with Crippen LogP contribution in [0.25, 0.3) is 0 Å². The number of hydrogen-bond donors (Lipinski definition) is 0. The summed E-state index contributed by atoms with van der Waals surface area (Å²) >= 11 is 0. The summed E-state index contributed by atoms with van der Waals surface area (Å²) in [5.74, 6) is 0.137. The van der Waals surface area contributed by atoms with Gasteiger partial charge in [0.2, 0.25) is 0 Å². The van der Waals surface area contributed by atoms with E-state index in [0.717, 1.165) is 0 Å². The zero-order chi connectivity index (χ0) is 8.55. The number of aldehydes is 1. The molecule has 1 aromatic carbocycles. The van der Waals surface area contributed by atoms with Gasteiger partial charge in [-0.15, -0.1) is 0 Å². The Labute approximate surface area is 69.0 Å². The normalized spacial score (nSPS) is 13.8. The van der Waals surface area contributed by atoms with Gasteiger partial charge in [0.25, 0.3) is 0 Å². The molecule has 62 valence electrons. The standard InChI is InChI=1S/C9H7FO2/c10-9-6(5-11)1-2-8-7(9)3-4-12-8/h1-2,5H,3-4H2. The molecule has 0 spiro atoms. The first-order chi connectivity index (χ1) is 5.83. The van der Waals surface area contributed by atoms with Gasteiger partial charge in [-0.1, -0.05) is 0 Å². The van der Waals surface area contributed by atoms with E-state index in [1.165, 1.54) is 6.07 Å². The lowest BCUT2D eigenvalue weighted by molar-refractivity contribution is 0.111. The summed E-state index contributed by atoms with van der Waals surface area (Å²) in [6.45, 7) is 0.508. The van der Waals surface area contributed by atoms with Crippen LogP contribution in [0.2, 0.25) is 0 Å². The Kier molecular flexibility index (Phi) is 1.57. The number of rotatable bonds is 1. The Balaban J connectivity index is 2.61. The summed E-state index contributed by atoms with van der Waals surface area (Å²) in [6.07, 6.45) is 1.08. The molecule has 0 fully saturated rings. The molecule has 0 aliphatic carbocycles. The molecule has 3 heteroatoms. The van der Waals surface area contributed by atoms with Crippen molar-refractivity contribution in [3.05, 3.63) is 29.1 Å². The van der Waals surface area contributed by atoms with Crippen molar-refractivity contribution in [2.24, 2.45) is 0 Å².